The van der Waals surface area contributed by atoms with E-state index in [0.29, 0.717) is 22.7 Å². The third kappa shape index (κ3) is 5.97. The van der Waals surface area contributed by atoms with Gasteiger partial charge in [0.05, 0.1) is 23.0 Å². The zero-order valence-corrected chi connectivity index (χ0v) is 27.0. The number of anilines is 1. The molecular weight excluding hydrogens is 622 g/mol. The molecule has 3 saturated heterocycles. The maximum atomic E-state index is 13.2. The van der Waals surface area contributed by atoms with Crippen LogP contribution in [-0.4, -0.2) is 93.4 Å². The van der Waals surface area contributed by atoms with Gasteiger partial charge in [-0.05, 0) is 54.6 Å². The van der Waals surface area contributed by atoms with Crippen molar-refractivity contribution in [1.29, 1.82) is 0 Å². The van der Waals surface area contributed by atoms with E-state index in [1.807, 2.05) is 6.07 Å². The largest absolute Gasteiger partial charge is 0.378 e. The molecule has 4 amide bonds. The van der Waals surface area contributed by atoms with Gasteiger partial charge in [-0.25, -0.2) is 4.68 Å². The number of nitrogens with one attached hydrogen (secondary N) is 2. The van der Waals surface area contributed by atoms with Gasteiger partial charge in [0.15, 0.2) is 0 Å². The number of carbonyl (C=O) groups is 4. The molecular formula is C34H36ClN7O5. The number of aromatic nitrogens is 2. The van der Waals surface area contributed by atoms with Gasteiger partial charge in [0, 0.05) is 58.2 Å². The number of rotatable bonds is 7. The highest BCUT2D eigenvalue weighted by molar-refractivity contribution is 6.33. The minimum absolute atomic E-state index is 0.0956. The highest BCUT2D eigenvalue weighted by atomic mass is 35.5. The van der Waals surface area contributed by atoms with Gasteiger partial charge in [0.2, 0.25) is 11.8 Å². The molecule has 1 unspecified atom stereocenters. The number of carbonyl (C=O) groups excluding carboxylic acids is 4. The Morgan fingerprint density at radius 3 is 2.36 bits per heavy atom. The first-order valence-electron chi connectivity index (χ1n) is 15.9. The Morgan fingerprint density at radius 2 is 1.62 bits per heavy atom. The van der Waals surface area contributed by atoms with Crippen LogP contribution >= 0.6 is 11.6 Å². The van der Waals surface area contributed by atoms with Crippen LogP contribution in [0.5, 0.6) is 0 Å². The molecule has 3 atom stereocenters. The molecule has 3 fully saturated rings. The highest BCUT2D eigenvalue weighted by Crippen LogP contribution is 2.34. The number of likely N-dealkylation sites (tertiary alicyclic amines) is 2. The molecule has 0 bridgehead atoms. The number of halogens is 1. The van der Waals surface area contributed by atoms with Crippen molar-refractivity contribution in [2.75, 3.05) is 38.5 Å². The Balaban J connectivity index is 0.945. The number of benzene rings is 2. The summed E-state index contributed by atoms with van der Waals surface area (Å²) in [6.45, 7) is 4.25. The molecule has 12 nitrogen and oxygen atoms in total. The van der Waals surface area contributed by atoms with Crippen LogP contribution in [0, 0.1) is 0 Å². The van der Waals surface area contributed by atoms with E-state index < -0.39 is 29.7 Å². The lowest BCUT2D eigenvalue weighted by atomic mass is 9.87. The molecule has 244 valence electrons. The van der Waals surface area contributed by atoms with Crippen LogP contribution in [0.4, 0.5) is 5.69 Å². The van der Waals surface area contributed by atoms with Crippen LogP contribution in [0.15, 0.2) is 53.5 Å². The third-order valence-electron chi connectivity index (χ3n) is 9.82. The summed E-state index contributed by atoms with van der Waals surface area (Å²) in [5.41, 5.74) is 4.36. The van der Waals surface area contributed by atoms with Crippen LogP contribution in [0.25, 0.3) is 0 Å². The molecule has 0 saturated carbocycles. The summed E-state index contributed by atoms with van der Waals surface area (Å²) in [6, 6.07) is 13.3. The van der Waals surface area contributed by atoms with Gasteiger partial charge >= 0.3 is 0 Å². The molecule has 2 aromatic carbocycles. The topological polar surface area (TPSA) is 137 Å². The Hall–Kier alpha value is -4.39. The predicted octanol–water partition coefficient (Wildman–Crippen LogP) is 2.33. The maximum Gasteiger partial charge on any atom is 0.287 e. The van der Waals surface area contributed by atoms with Crippen molar-refractivity contribution in [3.8, 4) is 0 Å². The summed E-state index contributed by atoms with van der Waals surface area (Å²) in [7, 11) is 3.68. The fourth-order valence-electron chi connectivity index (χ4n) is 7.30. The molecule has 0 spiro atoms. The number of hydrogen-bond donors (Lipinski definition) is 2. The zero-order chi connectivity index (χ0) is 33.0. The highest BCUT2D eigenvalue weighted by Gasteiger charge is 2.45. The normalized spacial score (nSPS) is 23.9. The summed E-state index contributed by atoms with van der Waals surface area (Å²) in [5, 5.41) is 9.92. The summed E-state index contributed by atoms with van der Waals surface area (Å²) in [5.74, 6) is -1.39. The van der Waals surface area contributed by atoms with E-state index in [1.165, 1.54) is 15.8 Å². The number of fused-ring (bicyclic) bond motifs is 1. The lowest BCUT2D eigenvalue weighted by molar-refractivity contribution is -0.136. The molecule has 3 aromatic rings. The number of likely N-dealkylation sites (N-methyl/N-ethyl adjacent to an activating group) is 1. The Labute approximate surface area is 276 Å². The van der Waals surface area contributed by atoms with Crippen molar-refractivity contribution in [2.24, 2.45) is 7.05 Å². The van der Waals surface area contributed by atoms with E-state index >= 15 is 0 Å². The lowest BCUT2D eigenvalue weighted by Crippen LogP contribution is -2.54. The second-order valence-corrected chi connectivity index (χ2v) is 13.6. The average molecular weight is 658 g/mol. The van der Waals surface area contributed by atoms with Crippen LogP contribution in [-0.2, 0) is 23.2 Å². The molecule has 7 rings (SSSR count). The number of hydrogen-bond acceptors (Lipinski definition) is 9. The molecule has 1 aromatic heterocycles. The number of aryl methyl sites for hydroxylation is 1. The van der Waals surface area contributed by atoms with Crippen molar-refractivity contribution in [3.05, 3.63) is 91.9 Å². The summed E-state index contributed by atoms with van der Waals surface area (Å²) < 4.78 is 1.23. The lowest BCUT2D eigenvalue weighted by Gasteiger charge is -2.40. The van der Waals surface area contributed by atoms with Crippen molar-refractivity contribution < 1.29 is 19.2 Å². The smallest absolute Gasteiger partial charge is 0.287 e. The standard InChI is InChI=1S/C34H36ClN7O5/c1-39-15-22(11-24(18-39)37-27-13-36-40(2)34(47)30(27)35)20-5-3-19(4-6-20)14-41-16-23(17-41)21-7-8-25-26(12-21)33(46)42(32(25)45)28-9-10-29(43)38-31(28)44/h3-8,12-13,22-24,28,37H,9-11,14-18H2,1-2H3,(H,38,43,44)/t22-,24+,28?/m0/s1. The summed E-state index contributed by atoms with van der Waals surface area (Å²) >= 11 is 6.30. The van der Waals surface area contributed by atoms with Crippen LogP contribution in [0.2, 0.25) is 5.02 Å². The molecule has 13 heteroatoms. The molecule has 5 heterocycles. The van der Waals surface area contributed by atoms with Gasteiger partial charge in [-0.1, -0.05) is 41.9 Å². The minimum Gasteiger partial charge on any atom is -0.378 e. The molecule has 4 aliphatic heterocycles. The number of amides is 4. The SMILES string of the molecule is CN1C[C@H](Nc2cnn(C)c(=O)c2Cl)C[C@H](c2ccc(CN3CC(c4ccc5c(c4)C(=O)N(C4CCC(=O)NC4=O)C5=O)C3)cc2)C1. The molecule has 0 aliphatic carbocycles. The second-order valence-electron chi connectivity index (χ2n) is 13.2. The molecule has 4 aliphatic rings. The second kappa shape index (κ2) is 12.3. The van der Waals surface area contributed by atoms with Crippen LogP contribution in [0.1, 0.15) is 68.5 Å². The third-order valence-corrected chi connectivity index (χ3v) is 10.2. The van der Waals surface area contributed by atoms with Gasteiger partial charge in [-0.2, -0.15) is 5.10 Å². The molecule has 47 heavy (non-hydrogen) atoms. The van der Waals surface area contributed by atoms with Crippen LogP contribution in [0.3, 0.4) is 0 Å². The summed E-state index contributed by atoms with van der Waals surface area (Å²) in [6.07, 6.45) is 2.74. The van der Waals surface area contributed by atoms with E-state index in [-0.39, 0.29) is 35.4 Å². The number of imide groups is 2. The van der Waals surface area contributed by atoms with Gasteiger partial charge in [-0.3, -0.25) is 39.1 Å². The molecule has 2 N–H and O–H groups in total. The summed E-state index contributed by atoms with van der Waals surface area (Å²) in [4.78, 5) is 68.0. The van der Waals surface area contributed by atoms with Crippen molar-refractivity contribution >= 4 is 40.9 Å². The van der Waals surface area contributed by atoms with E-state index in [2.05, 4.69) is 56.8 Å². The van der Waals surface area contributed by atoms with Gasteiger partial charge < -0.3 is 10.2 Å². The fraction of sp³-hybridized carbons (Fsp3) is 0.412. The Kier molecular flexibility index (Phi) is 8.19. The van der Waals surface area contributed by atoms with E-state index in [4.69, 9.17) is 11.6 Å². The fourth-order valence-corrected chi connectivity index (χ4v) is 7.53. The first-order chi connectivity index (χ1) is 22.5. The van der Waals surface area contributed by atoms with E-state index in [9.17, 15) is 24.0 Å². The first-order valence-corrected chi connectivity index (χ1v) is 16.3. The quantitative estimate of drug-likeness (QED) is 0.367. The number of piperidine rings is 2. The van der Waals surface area contributed by atoms with E-state index in [0.717, 1.165) is 49.6 Å². The zero-order valence-electron chi connectivity index (χ0n) is 26.2. The predicted molar refractivity (Wildman–Crippen MR) is 174 cm³/mol. The van der Waals surface area contributed by atoms with Gasteiger partial charge in [0.25, 0.3) is 17.4 Å². The minimum atomic E-state index is -0.964. The van der Waals surface area contributed by atoms with Crippen molar-refractivity contribution in [3.63, 3.8) is 0 Å². The van der Waals surface area contributed by atoms with Crippen molar-refractivity contribution in [2.45, 2.75) is 49.7 Å². The van der Waals surface area contributed by atoms with Gasteiger partial charge in [0.1, 0.15) is 11.1 Å². The Morgan fingerprint density at radius 1 is 0.894 bits per heavy atom. The maximum absolute atomic E-state index is 13.2. The van der Waals surface area contributed by atoms with E-state index in [1.54, 1.807) is 25.4 Å². The molecule has 0 radical (unpaired) electrons. The Bertz CT molecular complexity index is 1840. The first kappa shape index (κ1) is 31.2. The van der Waals surface area contributed by atoms with Crippen molar-refractivity contribution in [1.82, 2.24) is 29.8 Å². The average Bonchev–Trinajstić information content (AvgIpc) is 3.27. The monoisotopic (exact) mass is 657 g/mol. The number of nitrogens with zero attached hydrogens (tertiary/aromatic N) is 5. The van der Waals surface area contributed by atoms with Gasteiger partial charge in [-0.15, -0.1) is 0 Å². The van der Waals surface area contributed by atoms with Crippen LogP contribution < -0.4 is 16.2 Å².